The van der Waals surface area contributed by atoms with Gasteiger partial charge < -0.3 is 24.1 Å². The predicted molar refractivity (Wildman–Crippen MR) is 117 cm³/mol. The number of carbonyl (C=O) groups excluding carboxylic acids is 3. The minimum atomic E-state index is -0.782. The molecular formula is C22H20N2O7S. The lowest BCUT2D eigenvalue weighted by molar-refractivity contribution is 0.0600. The number of nitrogens with one attached hydrogen (secondary N) is 1. The highest BCUT2D eigenvalue weighted by Crippen LogP contribution is 2.38. The van der Waals surface area contributed by atoms with Gasteiger partial charge in [-0.25, -0.2) is 14.4 Å². The Morgan fingerprint density at radius 2 is 2.03 bits per heavy atom. The minimum absolute atomic E-state index is 0.181. The predicted octanol–water partition coefficient (Wildman–Crippen LogP) is 3.41. The molecule has 9 nitrogen and oxygen atoms in total. The van der Waals surface area contributed by atoms with E-state index in [1.807, 2.05) is 0 Å². The molecule has 0 unspecified atom stereocenters. The summed E-state index contributed by atoms with van der Waals surface area (Å²) in [5, 5.41) is 3.51. The number of rotatable bonds is 4. The van der Waals surface area contributed by atoms with E-state index in [0.717, 1.165) is 16.2 Å². The van der Waals surface area contributed by atoms with Gasteiger partial charge in [-0.1, -0.05) is 18.2 Å². The van der Waals surface area contributed by atoms with Crippen LogP contribution in [-0.2, 0) is 22.4 Å². The van der Waals surface area contributed by atoms with Crippen LogP contribution < -0.4 is 10.9 Å². The summed E-state index contributed by atoms with van der Waals surface area (Å²) in [7, 11) is 1.25. The summed E-state index contributed by atoms with van der Waals surface area (Å²) in [5.41, 5.74) is 0.349. The van der Waals surface area contributed by atoms with Crippen molar-refractivity contribution < 1.29 is 28.3 Å². The van der Waals surface area contributed by atoms with Crippen LogP contribution >= 0.6 is 11.3 Å². The lowest BCUT2D eigenvalue weighted by Gasteiger charge is -2.26. The van der Waals surface area contributed by atoms with Crippen LogP contribution in [0.1, 0.15) is 38.1 Å². The van der Waals surface area contributed by atoms with Crippen molar-refractivity contribution in [1.29, 1.82) is 0 Å². The number of hydrogen-bond donors (Lipinski definition) is 1. The van der Waals surface area contributed by atoms with Crippen LogP contribution in [0.3, 0.4) is 0 Å². The van der Waals surface area contributed by atoms with Gasteiger partial charge in [-0.15, -0.1) is 11.3 Å². The van der Waals surface area contributed by atoms with Crippen molar-refractivity contribution in [3.05, 3.63) is 62.3 Å². The number of hydrogen-bond acceptors (Lipinski definition) is 8. The molecule has 1 aromatic carbocycles. The van der Waals surface area contributed by atoms with Gasteiger partial charge in [-0.2, -0.15) is 0 Å². The summed E-state index contributed by atoms with van der Waals surface area (Å²) in [6.45, 7) is 2.60. The van der Waals surface area contributed by atoms with Crippen LogP contribution in [-0.4, -0.2) is 43.1 Å². The second kappa shape index (κ2) is 8.83. The fourth-order valence-corrected chi connectivity index (χ4v) is 4.82. The number of esters is 1. The number of fused-ring (bicyclic) bond motifs is 2. The summed E-state index contributed by atoms with van der Waals surface area (Å²) in [5.74, 6) is -1.30. The van der Waals surface area contributed by atoms with Crippen molar-refractivity contribution >= 4 is 45.3 Å². The Hall–Kier alpha value is -3.66. The van der Waals surface area contributed by atoms with Gasteiger partial charge in [0, 0.05) is 16.8 Å². The molecule has 3 heterocycles. The van der Waals surface area contributed by atoms with E-state index in [2.05, 4.69) is 5.32 Å². The average Bonchev–Trinajstić information content (AvgIpc) is 3.15. The van der Waals surface area contributed by atoms with Crippen molar-refractivity contribution in [2.24, 2.45) is 0 Å². The Morgan fingerprint density at radius 3 is 2.78 bits per heavy atom. The van der Waals surface area contributed by atoms with Crippen LogP contribution in [0.2, 0.25) is 0 Å². The normalized spacial score (nSPS) is 12.9. The molecule has 0 aliphatic carbocycles. The molecule has 0 saturated heterocycles. The van der Waals surface area contributed by atoms with E-state index >= 15 is 0 Å². The van der Waals surface area contributed by atoms with E-state index in [0.29, 0.717) is 29.5 Å². The van der Waals surface area contributed by atoms with E-state index in [-0.39, 0.29) is 29.3 Å². The third kappa shape index (κ3) is 3.96. The monoisotopic (exact) mass is 456 g/mol. The molecule has 2 amide bonds. The van der Waals surface area contributed by atoms with Crippen LogP contribution in [0.5, 0.6) is 0 Å². The van der Waals surface area contributed by atoms with Crippen molar-refractivity contribution in [2.45, 2.75) is 19.9 Å². The summed E-state index contributed by atoms with van der Waals surface area (Å²) in [4.78, 5) is 52.1. The molecule has 32 heavy (non-hydrogen) atoms. The molecule has 166 valence electrons. The molecule has 2 aromatic heterocycles. The topological polar surface area (TPSA) is 115 Å². The third-order valence-electron chi connectivity index (χ3n) is 5.09. The zero-order valence-electron chi connectivity index (χ0n) is 17.4. The zero-order chi connectivity index (χ0) is 22.8. The molecule has 4 rings (SSSR count). The van der Waals surface area contributed by atoms with Gasteiger partial charge in [0.25, 0.3) is 5.91 Å². The number of anilines is 1. The van der Waals surface area contributed by atoms with E-state index < -0.39 is 23.6 Å². The quantitative estimate of drug-likeness (QED) is 0.472. The molecule has 1 N–H and O–H groups in total. The fraction of sp³-hybridized carbons (Fsp3) is 0.273. The van der Waals surface area contributed by atoms with Crippen LogP contribution in [0.25, 0.3) is 11.0 Å². The Labute approximate surface area is 186 Å². The maximum Gasteiger partial charge on any atom is 0.410 e. The van der Waals surface area contributed by atoms with E-state index in [1.54, 1.807) is 31.2 Å². The Balaban J connectivity index is 1.67. The van der Waals surface area contributed by atoms with Gasteiger partial charge >= 0.3 is 17.7 Å². The third-order valence-corrected chi connectivity index (χ3v) is 6.22. The van der Waals surface area contributed by atoms with E-state index in [9.17, 15) is 19.2 Å². The number of amides is 2. The summed E-state index contributed by atoms with van der Waals surface area (Å²) < 4.78 is 15.2. The number of carbonyl (C=O) groups is 3. The lowest BCUT2D eigenvalue weighted by atomic mass is 10.0. The van der Waals surface area contributed by atoms with Gasteiger partial charge in [-0.05, 0) is 31.0 Å². The first kappa shape index (κ1) is 21.6. The molecule has 1 aliphatic rings. The fourth-order valence-electron chi connectivity index (χ4n) is 3.57. The molecule has 0 saturated carbocycles. The van der Waals surface area contributed by atoms with Gasteiger partial charge in [0.05, 0.1) is 25.8 Å². The highest BCUT2D eigenvalue weighted by atomic mass is 32.1. The SMILES string of the molecule is CCOC(=O)N1CCc2c(sc(NC(=O)c3cc4ccccc4oc3=O)c2C(=O)OC)C1. The first-order valence-corrected chi connectivity index (χ1v) is 10.7. The maximum absolute atomic E-state index is 12.9. The first-order valence-electron chi connectivity index (χ1n) is 9.91. The van der Waals surface area contributed by atoms with Crippen molar-refractivity contribution in [2.75, 3.05) is 25.6 Å². The second-order valence-corrected chi connectivity index (χ2v) is 8.11. The molecular weight excluding hydrogens is 436 g/mol. The van der Waals surface area contributed by atoms with Gasteiger partial charge in [0.15, 0.2) is 0 Å². The largest absolute Gasteiger partial charge is 0.465 e. The van der Waals surface area contributed by atoms with Gasteiger partial charge in [0.1, 0.15) is 16.1 Å². The lowest BCUT2D eigenvalue weighted by Crippen LogP contribution is -2.36. The van der Waals surface area contributed by atoms with Crippen molar-refractivity contribution in [1.82, 2.24) is 4.90 Å². The van der Waals surface area contributed by atoms with Crippen molar-refractivity contribution in [3.8, 4) is 0 Å². The zero-order valence-corrected chi connectivity index (χ0v) is 18.2. The number of ether oxygens (including phenoxy) is 2. The second-order valence-electron chi connectivity index (χ2n) is 7.01. The standard InChI is InChI=1S/C22H20N2O7S/c1-3-30-22(28)24-9-8-13-16(11-24)32-19(17(13)21(27)29-2)23-18(25)14-10-12-6-4-5-7-15(12)31-20(14)26/h4-7,10H,3,8-9,11H2,1-2H3,(H,23,25). The summed E-state index contributed by atoms with van der Waals surface area (Å²) >= 11 is 1.16. The highest BCUT2D eigenvalue weighted by Gasteiger charge is 2.31. The molecule has 3 aromatic rings. The smallest absolute Gasteiger partial charge is 0.410 e. The average molecular weight is 456 g/mol. The molecule has 0 bridgehead atoms. The van der Waals surface area contributed by atoms with Gasteiger partial charge in [-0.3, -0.25) is 4.79 Å². The minimum Gasteiger partial charge on any atom is -0.465 e. The number of benzene rings is 1. The maximum atomic E-state index is 12.9. The summed E-state index contributed by atoms with van der Waals surface area (Å²) in [6.07, 6.45) is -0.0335. The molecule has 10 heteroatoms. The molecule has 0 spiro atoms. The van der Waals surface area contributed by atoms with E-state index in [4.69, 9.17) is 13.9 Å². The number of para-hydroxylation sites is 1. The molecule has 0 radical (unpaired) electrons. The van der Waals surface area contributed by atoms with Crippen molar-refractivity contribution in [3.63, 3.8) is 0 Å². The van der Waals surface area contributed by atoms with Crippen LogP contribution in [0.15, 0.2) is 39.5 Å². The van der Waals surface area contributed by atoms with Crippen LogP contribution in [0.4, 0.5) is 9.80 Å². The molecule has 1 aliphatic heterocycles. The summed E-state index contributed by atoms with van der Waals surface area (Å²) in [6, 6.07) is 8.30. The Kier molecular flexibility index (Phi) is 5.95. The van der Waals surface area contributed by atoms with Crippen LogP contribution in [0, 0.1) is 0 Å². The molecule has 0 fully saturated rings. The first-order chi connectivity index (χ1) is 15.4. The number of thiophene rings is 1. The number of methoxy groups -OCH3 is 1. The van der Waals surface area contributed by atoms with E-state index in [1.165, 1.54) is 18.1 Å². The molecule has 0 atom stereocenters. The Morgan fingerprint density at radius 1 is 1.25 bits per heavy atom. The number of nitrogens with zero attached hydrogens (tertiary/aromatic N) is 1. The Bertz CT molecular complexity index is 1280. The van der Waals surface area contributed by atoms with Gasteiger partial charge in [0.2, 0.25) is 0 Å². The highest BCUT2D eigenvalue weighted by molar-refractivity contribution is 7.17.